The molecule has 1 N–H and O–H groups in total. The Morgan fingerprint density at radius 3 is 2.68 bits per heavy atom. The van der Waals surface area contributed by atoms with Crippen LogP contribution in [-0.4, -0.2) is 62.2 Å². The Hall–Kier alpha value is -1.36. The molecule has 1 unspecified atom stereocenters. The third-order valence-corrected chi connectivity index (χ3v) is 6.69. The van der Waals surface area contributed by atoms with Gasteiger partial charge in [0.25, 0.3) is 11.8 Å². The van der Waals surface area contributed by atoms with E-state index in [1.165, 1.54) is 25.1 Å². The van der Waals surface area contributed by atoms with Crippen molar-refractivity contribution in [3.63, 3.8) is 0 Å². The van der Waals surface area contributed by atoms with Gasteiger partial charge in [0.1, 0.15) is 18.0 Å². The van der Waals surface area contributed by atoms with Gasteiger partial charge < -0.3 is 9.64 Å². The van der Waals surface area contributed by atoms with Crippen LogP contribution in [0.3, 0.4) is 0 Å². The van der Waals surface area contributed by atoms with E-state index in [0.29, 0.717) is 13.0 Å². The Kier molecular flexibility index (Phi) is 5.96. The number of alkyl halides is 2. The maximum atomic E-state index is 14.7. The molecule has 0 bridgehead atoms. The van der Waals surface area contributed by atoms with Crippen LogP contribution in [0.25, 0.3) is 0 Å². The molecule has 0 radical (unpaired) electrons. The van der Waals surface area contributed by atoms with E-state index in [1.807, 2.05) is 4.72 Å². The van der Waals surface area contributed by atoms with Crippen LogP contribution in [0.5, 0.6) is 0 Å². The molecule has 2 aliphatic rings. The summed E-state index contributed by atoms with van der Waals surface area (Å²) >= 11 is 5.77. The molecule has 2 heterocycles. The van der Waals surface area contributed by atoms with E-state index in [9.17, 15) is 26.4 Å². The number of amides is 1. The van der Waals surface area contributed by atoms with Crippen LogP contribution < -0.4 is 4.72 Å². The van der Waals surface area contributed by atoms with Crippen LogP contribution in [0.1, 0.15) is 18.9 Å². The zero-order valence-corrected chi connectivity index (χ0v) is 16.6. The summed E-state index contributed by atoms with van der Waals surface area (Å²) in [7, 11) is -4.00. The second kappa shape index (κ2) is 7.81. The first-order valence-electron chi connectivity index (χ1n) is 8.78. The fraction of sp³-hybridized carbons (Fsp3) is 0.588. The summed E-state index contributed by atoms with van der Waals surface area (Å²) in [4.78, 5) is 13.5. The summed E-state index contributed by atoms with van der Waals surface area (Å²) in [5, 5.41) is -0.187. The predicted molar refractivity (Wildman–Crippen MR) is 96.3 cm³/mol. The van der Waals surface area contributed by atoms with Gasteiger partial charge in [0, 0.05) is 6.42 Å². The summed E-state index contributed by atoms with van der Waals surface area (Å²) in [6.07, 6.45) is -0.772. The van der Waals surface area contributed by atoms with Crippen LogP contribution in [0.4, 0.5) is 13.2 Å². The van der Waals surface area contributed by atoms with Crippen LogP contribution in [0.15, 0.2) is 18.2 Å². The van der Waals surface area contributed by atoms with Crippen molar-refractivity contribution < 1.29 is 31.1 Å². The largest absolute Gasteiger partial charge is 0.368 e. The van der Waals surface area contributed by atoms with Gasteiger partial charge >= 0.3 is 0 Å². The summed E-state index contributed by atoms with van der Waals surface area (Å²) in [6, 6.07) is 0.957. The maximum absolute atomic E-state index is 14.7. The van der Waals surface area contributed by atoms with Crippen molar-refractivity contribution in [1.29, 1.82) is 0 Å². The standard InChI is InChI=1S/C17H20ClF3N2O4S/c1-2-28(25,26)22-15-12(8-10-4-3-5-11(18)14(10)19)23(9-17(15,20)21)16(24)13-6-7-27-13/h3-5,12-13,15,22H,2,6-9H2,1H3/t12-,13?,15+/m0/s1. The average molecular weight is 441 g/mol. The van der Waals surface area contributed by atoms with Crippen LogP contribution in [0.2, 0.25) is 5.02 Å². The number of nitrogens with zero attached hydrogens (tertiary/aromatic N) is 1. The number of hydrogen-bond acceptors (Lipinski definition) is 4. The molecule has 3 rings (SSSR count). The van der Waals surface area contributed by atoms with Crippen molar-refractivity contribution in [2.24, 2.45) is 0 Å². The molecule has 2 fully saturated rings. The number of rotatable bonds is 6. The second-order valence-electron chi connectivity index (χ2n) is 6.86. The lowest BCUT2D eigenvalue weighted by Gasteiger charge is -2.33. The van der Waals surface area contributed by atoms with Crippen molar-refractivity contribution in [2.45, 2.75) is 43.9 Å². The molecule has 0 aromatic heterocycles. The molecule has 2 aliphatic heterocycles. The van der Waals surface area contributed by atoms with Gasteiger partial charge in [0.05, 0.1) is 30.0 Å². The van der Waals surface area contributed by atoms with Crippen molar-refractivity contribution in [3.8, 4) is 0 Å². The summed E-state index contributed by atoms with van der Waals surface area (Å²) in [6.45, 7) is 0.682. The smallest absolute Gasteiger partial charge is 0.283 e. The lowest BCUT2D eigenvalue weighted by molar-refractivity contribution is -0.158. The van der Waals surface area contributed by atoms with Crippen LogP contribution in [0, 0.1) is 5.82 Å². The fourth-order valence-corrected chi connectivity index (χ4v) is 4.44. The van der Waals surface area contributed by atoms with Crippen molar-refractivity contribution in [2.75, 3.05) is 18.9 Å². The number of hydrogen-bond donors (Lipinski definition) is 1. The number of carbonyl (C=O) groups excluding carboxylic acids is 1. The van der Waals surface area contributed by atoms with Gasteiger partial charge in [0.2, 0.25) is 10.0 Å². The normalized spacial score (nSPS) is 26.9. The minimum absolute atomic E-state index is 0.0169. The minimum Gasteiger partial charge on any atom is -0.368 e. The second-order valence-corrected chi connectivity index (χ2v) is 9.31. The molecule has 0 saturated carbocycles. The third-order valence-electron chi connectivity index (χ3n) is 5.03. The molecule has 0 aliphatic carbocycles. The van der Waals surface area contributed by atoms with Crippen LogP contribution in [-0.2, 0) is 26.0 Å². The molecule has 11 heteroatoms. The topological polar surface area (TPSA) is 75.7 Å². The van der Waals surface area contributed by atoms with Gasteiger partial charge in [-0.25, -0.2) is 26.3 Å². The van der Waals surface area contributed by atoms with Gasteiger partial charge in [-0.2, -0.15) is 0 Å². The Morgan fingerprint density at radius 2 is 2.11 bits per heavy atom. The van der Waals surface area contributed by atoms with Crippen molar-refractivity contribution in [1.82, 2.24) is 9.62 Å². The fourth-order valence-electron chi connectivity index (χ4n) is 3.36. The Balaban J connectivity index is 1.97. The quantitative estimate of drug-likeness (QED) is 0.733. The van der Waals surface area contributed by atoms with E-state index in [1.54, 1.807) is 0 Å². The Bertz CT molecular complexity index is 864. The Labute approximate surface area is 166 Å². The molecule has 6 nitrogen and oxygen atoms in total. The highest BCUT2D eigenvalue weighted by Gasteiger charge is 2.58. The SMILES string of the molecule is CCS(=O)(=O)N[C@@H]1[C@H](Cc2cccc(Cl)c2F)N(C(=O)C2CCO2)CC1(F)F. The van der Waals surface area contributed by atoms with Gasteiger partial charge in [-0.05, 0) is 25.0 Å². The third kappa shape index (κ3) is 4.14. The number of carbonyl (C=O) groups is 1. The average Bonchev–Trinajstić information content (AvgIpc) is 2.81. The van der Waals surface area contributed by atoms with E-state index < -0.39 is 58.2 Å². The first-order chi connectivity index (χ1) is 13.1. The first-order valence-corrected chi connectivity index (χ1v) is 10.8. The highest BCUT2D eigenvalue weighted by atomic mass is 35.5. The molecule has 3 atom stereocenters. The molecule has 1 aromatic rings. The summed E-state index contributed by atoms with van der Waals surface area (Å²) in [5.74, 6) is -5.38. The maximum Gasteiger partial charge on any atom is 0.283 e. The first kappa shape index (κ1) is 21.4. The highest BCUT2D eigenvalue weighted by Crippen LogP contribution is 2.37. The van der Waals surface area contributed by atoms with Gasteiger partial charge in [-0.3, -0.25) is 4.79 Å². The molecule has 0 spiro atoms. The van der Waals surface area contributed by atoms with E-state index in [4.69, 9.17) is 16.3 Å². The number of ether oxygens (including phenoxy) is 1. The zero-order valence-electron chi connectivity index (χ0n) is 15.0. The number of sulfonamides is 1. The van der Waals surface area contributed by atoms with E-state index >= 15 is 0 Å². The minimum atomic E-state index is -4.00. The number of halogens is 4. The molecule has 1 aromatic carbocycles. The van der Waals surface area contributed by atoms with Crippen molar-refractivity contribution >= 4 is 27.5 Å². The lowest BCUT2D eigenvalue weighted by atomic mass is 9.98. The van der Waals surface area contributed by atoms with E-state index in [-0.39, 0.29) is 17.0 Å². The number of nitrogens with one attached hydrogen (secondary N) is 1. The monoisotopic (exact) mass is 440 g/mol. The highest BCUT2D eigenvalue weighted by molar-refractivity contribution is 7.89. The lowest BCUT2D eigenvalue weighted by Crippen LogP contribution is -2.54. The zero-order chi connectivity index (χ0) is 20.7. The van der Waals surface area contributed by atoms with E-state index in [2.05, 4.69) is 0 Å². The molecular weight excluding hydrogens is 421 g/mol. The molecular formula is C17H20ClF3N2O4S. The van der Waals surface area contributed by atoms with Gasteiger partial charge in [-0.15, -0.1) is 0 Å². The molecule has 156 valence electrons. The summed E-state index contributed by atoms with van der Waals surface area (Å²) in [5.41, 5.74) is 0.0169. The number of benzene rings is 1. The van der Waals surface area contributed by atoms with Gasteiger partial charge in [0.15, 0.2) is 0 Å². The Morgan fingerprint density at radius 1 is 1.43 bits per heavy atom. The van der Waals surface area contributed by atoms with Gasteiger partial charge in [-0.1, -0.05) is 23.7 Å². The molecule has 2 saturated heterocycles. The van der Waals surface area contributed by atoms with Crippen LogP contribution >= 0.6 is 11.6 Å². The molecule has 28 heavy (non-hydrogen) atoms. The van der Waals surface area contributed by atoms with E-state index in [0.717, 1.165) is 4.90 Å². The summed E-state index contributed by atoms with van der Waals surface area (Å²) < 4.78 is 74.8. The number of likely N-dealkylation sites (tertiary alicyclic amines) is 1. The predicted octanol–water partition coefficient (Wildman–Crippen LogP) is 1.96. The van der Waals surface area contributed by atoms with Crippen molar-refractivity contribution in [3.05, 3.63) is 34.6 Å². The molecule has 1 amide bonds.